The van der Waals surface area contributed by atoms with E-state index in [0.29, 0.717) is 12.2 Å². The van der Waals surface area contributed by atoms with E-state index in [9.17, 15) is 0 Å². The summed E-state index contributed by atoms with van der Waals surface area (Å²) in [5.41, 5.74) is 0.226. The van der Waals surface area contributed by atoms with Crippen molar-refractivity contribution in [2.45, 2.75) is 88.6 Å². The van der Waals surface area contributed by atoms with Gasteiger partial charge in [0.15, 0.2) is 0 Å². The first-order valence-electron chi connectivity index (χ1n) is 8.32. The van der Waals surface area contributed by atoms with E-state index >= 15 is 0 Å². The van der Waals surface area contributed by atoms with Crippen LogP contribution in [0.15, 0.2) is 0 Å². The Morgan fingerprint density at radius 3 is 2.53 bits per heavy atom. The highest BCUT2D eigenvalue weighted by Gasteiger charge is 2.43. The second kappa shape index (κ2) is 6.11. The zero-order valence-electron chi connectivity index (χ0n) is 12.3. The number of rotatable bonds is 4. The minimum absolute atomic E-state index is 0.226. The lowest BCUT2D eigenvalue weighted by Crippen LogP contribution is -2.48. The fourth-order valence-corrected chi connectivity index (χ4v) is 3.98. The molecule has 3 heteroatoms. The maximum Gasteiger partial charge on any atom is 0.0707 e. The Morgan fingerprint density at radius 2 is 1.89 bits per heavy atom. The van der Waals surface area contributed by atoms with Crippen molar-refractivity contribution in [1.29, 1.82) is 0 Å². The molecular formula is C16H29NO2. The predicted molar refractivity (Wildman–Crippen MR) is 76.4 cm³/mol. The molecule has 1 unspecified atom stereocenters. The molecular weight excluding hydrogens is 238 g/mol. The van der Waals surface area contributed by atoms with Gasteiger partial charge in [-0.2, -0.15) is 0 Å². The van der Waals surface area contributed by atoms with Crippen LogP contribution in [0.4, 0.5) is 0 Å². The van der Waals surface area contributed by atoms with Crippen LogP contribution in [0, 0.1) is 0 Å². The Bertz CT molecular complexity index is 282. The molecule has 1 saturated heterocycles. The summed E-state index contributed by atoms with van der Waals surface area (Å²) in [5, 5.41) is 3.56. The Hall–Kier alpha value is -0.120. The van der Waals surface area contributed by atoms with Crippen molar-refractivity contribution in [3.05, 3.63) is 0 Å². The van der Waals surface area contributed by atoms with Crippen molar-refractivity contribution >= 4 is 0 Å². The number of hydrogen-bond donors (Lipinski definition) is 1. The van der Waals surface area contributed by atoms with Gasteiger partial charge in [-0.3, -0.25) is 0 Å². The highest BCUT2D eigenvalue weighted by Crippen LogP contribution is 2.43. The molecule has 3 aliphatic rings. The van der Waals surface area contributed by atoms with Crippen LogP contribution in [0.3, 0.4) is 0 Å². The minimum atomic E-state index is 0.226. The largest absolute Gasteiger partial charge is 0.375 e. The Labute approximate surface area is 117 Å². The van der Waals surface area contributed by atoms with Crippen molar-refractivity contribution in [3.63, 3.8) is 0 Å². The van der Waals surface area contributed by atoms with Crippen LogP contribution >= 0.6 is 0 Å². The molecule has 1 atom stereocenters. The van der Waals surface area contributed by atoms with Crippen LogP contribution in [0.2, 0.25) is 0 Å². The second-order valence-electron chi connectivity index (χ2n) is 6.67. The van der Waals surface area contributed by atoms with Crippen LogP contribution in [0.1, 0.15) is 64.7 Å². The SMILES string of the molecule is CCNC1CCC(OC2CCOC3(CCC3)C2)CC1. The van der Waals surface area contributed by atoms with Crippen molar-refractivity contribution in [1.82, 2.24) is 5.32 Å². The zero-order valence-corrected chi connectivity index (χ0v) is 12.3. The van der Waals surface area contributed by atoms with E-state index in [1.165, 1.54) is 44.9 Å². The van der Waals surface area contributed by atoms with Gasteiger partial charge in [-0.25, -0.2) is 0 Å². The summed E-state index contributed by atoms with van der Waals surface area (Å²) in [6.07, 6.45) is 12.2. The van der Waals surface area contributed by atoms with Crippen LogP contribution in [0.5, 0.6) is 0 Å². The summed E-state index contributed by atoms with van der Waals surface area (Å²) >= 11 is 0. The van der Waals surface area contributed by atoms with Gasteiger partial charge < -0.3 is 14.8 Å². The Kier molecular flexibility index (Phi) is 4.45. The molecule has 2 saturated carbocycles. The van der Waals surface area contributed by atoms with Crippen LogP contribution in [-0.2, 0) is 9.47 Å². The molecule has 0 amide bonds. The maximum absolute atomic E-state index is 6.38. The number of hydrogen-bond acceptors (Lipinski definition) is 3. The smallest absolute Gasteiger partial charge is 0.0707 e. The topological polar surface area (TPSA) is 30.5 Å². The third-order valence-electron chi connectivity index (χ3n) is 5.26. The molecule has 0 radical (unpaired) electrons. The molecule has 3 nitrogen and oxygen atoms in total. The Morgan fingerprint density at radius 1 is 1.11 bits per heavy atom. The summed E-state index contributed by atoms with van der Waals surface area (Å²) < 4.78 is 12.4. The van der Waals surface area contributed by atoms with Crippen molar-refractivity contribution in [2.24, 2.45) is 0 Å². The molecule has 3 rings (SSSR count). The molecule has 19 heavy (non-hydrogen) atoms. The van der Waals surface area contributed by atoms with Crippen molar-refractivity contribution in [2.75, 3.05) is 13.2 Å². The zero-order chi connectivity index (χ0) is 13.1. The molecule has 3 fully saturated rings. The molecule has 0 aromatic carbocycles. The van der Waals surface area contributed by atoms with Gasteiger partial charge in [0.25, 0.3) is 0 Å². The maximum atomic E-state index is 6.38. The first-order valence-corrected chi connectivity index (χ1v) is 8.32. The van der Waals surface area contributed by atoms with E-state index in [-0.39, 0.29) is 5.60 Å². The summed E-state index contributed by atoms with van der Waals surface area (Å²) in [7, 11) is 0. The van der Waals surface area contributed by atoms with Crippen LogP contribution in [0.25, 0.3) is 0 Å². The predicted octanol–water partition coefficient (Wildman–Crippen LogP) is 3.03. The molecule has 110 valence electrons. The van der Waals surface area contributed by atoms with Crippen LogP contribution in [-0.4, -0.2) is 37.0 Å². The van der Waals surface area contributed by atoms with Gasteiger partial charge in [-0.15, -0.1) is 0 Å². The van der Waals surface area contributed by atoms with Crippen molar-refractivity contribution < 1.29 is 9.47 Å². The quantitative estimate of drug-likeness (QED) is 0.849. The van der Waals surface area contributed by atoms with Gasteiger partial charge in [-0.1, -0.05) is 6.92 Å². The van der Waals surface area contributed by atoms with Gasteiger partial charge >= 0.3 is 0 Å². The highest BCUT2D eigenvalue weighted by atomic mass is 16.5. The molecule has 1 aliphatic heterocycles. The van der Waals surface area contributed by atoms with E-state index in [1.54, 1.807) is 0 Å². The fraction of sp³-hybridized carbons (Fsp3) is 1.00. The van der Waals surface area contributed by atoms with Gasteiger partial charge in [0.1, 0.15) is 0 Å². The third-order valence-corrected chi connectivity index (χ3v) is 5.26. The molecule has 2 aliphatic carbocycles. The fourth-order valence-electron chi connectivity index (χ4n) is 3.98. The first-order chi connectivity index (χ1) is 9.30. The lowest BCUT2D eigenvalue weighted by atomic mass is 9.74. The van der Waals surface area contributed by atoms with Crippen molar-refractivity contribution in [3.8, 4) is 0 Å². The molecule has 1 N–H and O–H groups in total. The summed E-state index contributed by atoms with van der Waals surface area (Å²) in [4.78, 5) is 0. The lowest BCUT2D eigenvalue weighted by molar-refractivity contribution is -0.181. The monoisotopic (exact) mass is 267 g/mol. The third kappa shape index (κ3) is 3.32. The normalized spacial score (nSPS) is 38.1. The summed E-state index contributed by atoms with van der Waals surface area (Å²) in [6, 6.07) is 0.734. The van der Waals surface area contributed by atoms with Gasteiger partial charge in [0.05, 0.1) is 17.8 Å². The standard InChI is InChI=1S/C16H29NO2/c1-2-17-13-4-6-14(7-5-13)19-15-8-11-18-16(12-15)9-3-10-16/h13-15,17H,2-12H2,1H3. The van der Waals surface area contributed by atoms with E-state index < -0.39 is 0 Å². The van der Waals surface area contributed by atoms with E-state index in [0.717, 1.165) is 32.0 Å². The number of ether oxygens (including phenoxy) is 2. The molecule has 1 spiro atoms. The molecule has 1 heterocycles. The lowest BCUT2D eigenvalue weighted by Gasteiger charge is -2.47. The van der Waals surface area contributed by atoms with Gasteiger partial charge in [-0.05, 0) is 57.9 Å². The summed E-state index contributed by atoms with van der Waals surface area (Å²) in [5.74, 6) is 0. The number of nitrogens with one attached hydrogen (secondary N) is 1. The van der Waals surface area contributed by atoms with Gasteiger partial charge in [0.2, 0.25) is 0 Å². The van der Waals surface area contributed by atoms with E-state index in [1.807, 2.05) is 0 Å². The average molecular weight is 267 g/mol. The molecule has 0 aromatic rings. The van der Waals surface area contributed by atoms with E-state index in [4.69, 9.17) is 9.47 Å². The molecule has 0 aromatic heterocycles. The first kappa shape index (κ1) is 13.8. The Balaban J connectivity index is 1.42. The average Bonchev–Trinajstić information content (AvgIpc) is 2.40. The second-order valence-corrected chi connectivity index (χ2v) is 6.67. The van der Waals surface area contributed by atoms with Gasteiger partial charge in [0, 0.05) is 19.1 Å². The highest BCUT2D eigenvalue weighted by molar-refractivity contribution is 4.94. The van der Waals surface area contributed by atoms with E-state index in [2.05, 4.69) is 12.2 Å². The van der Waals surface area contributed by atoms with Crippen LogP contribution < -0.4 is 5.32 Å². The summed E-state index contributed by atoms with van der Waals surface area (Å²) in [6.45, 7) is 4.21. The molecule has 0 bridgehead atoms. The minimum Gasteiger partial charge on any atom is -0.375 e.